The number of carbonyl (C=O) groups excluding carboxylic acids is 4. The van der Waals surface area contributed by atoms with Crippen molar-refractivity contribution in [3.05, 3.63) is 0 Å². The second kappa shape index (κ2) is 34.3. The fraction of sp³-hybridized carbons (Fsp3) is 0.824. The van der Waals surface area contributed by atoms with Crippen molar-refractivity contribution in [2.75, 3.05) is 72.6 Å². The maximum Gasteiger partial charge on any atom is 0.326 e. The number of aliphatic hydroxyl groups is 1. The molecule has 0 heterocycles. The van der Waals surface area contributed by atoms with Crippen molar-refractivity contribution < 1.29 is 63.0 Å². The average molecular weight is 720 g/mol. The zero-order chi connectivity index (χ0) is 37.1. The number of aliphatic hydroxyl groups excluding tert-OH is 1. The summed E-state index contributed by atoms with van der Waals surface area (Å²) in [5.41, 5.74) is 0. The Bertz CT molecular complexity index is 936. The minimum atomic E-state index is -1.19. The first-order valence-corrected chi connectivity index (χ1v) is 17.9. The summed E-state index contributed by atoms with van der Waals surface area (Å²) in [5.74, 6) is -3.34. The van der Waals surface area contributed by atoms with Crippen molar-refractivity contribution in [2.45, 2.75) is 109 Å². The normalized spacial score (nSPS) is 11.5. The first kappa shape index (κ1) is 46.8. The third-order valence-electron chi connectivity index (χ3n) is 7.39. The summed E-state index contributed by atoms with van der Waals surface area (Å²) in [6, 6.07) is -1.14. The molecule has 0 aromatic carbocycles. The van der Waals surface area contributed by atoms with Crippen LogP contribution in [0.1, 0.15) is 103 Å². The average Bonchev–Trinajstić information content (AvgIpc) is 3.08. The Kier molecular flexibility index (Phi) is 32.1. The van der Waals surface area contributed by atoms with Crippen LogP contribution in [0.5, 0.6) is 0 Å². The summed E-state index contributed by atoms with van der Waals surface area (Å²) in [7, 11) is 0. The molecule has 16 nitrogen and oxygen atoms in total. The van der Waals surface area contributed by atoms with Gasteiger partial charge in [-0.25, -0.2) is 4.79 Å². The molecular weight excluding hydrogens is 658 g/mol. The predicted molar refractivity (Wildman–Crippen MR) is 182 cm³/mol. The first-order valence-electron chi connectivity index (χ1n) is 17.9. The van der Waals surface area contributed by atoms with Crippen LogP contribution in [0.4, 0.5) is 0 Å². The number of ether oxygens (including phenoxy) is 4. The molecule has 0 aliphatic carbocycles. The van der Waals surface area contributed by atoms with Gasteiger partial charge in [-0.1, -0.05) is 64.2 Å². The lowest BCUT2D eigenvalue weighted by molar-refractivity contribution is -0.142. The highest BCUT2D eigenvalue weighted by molar-refractivity contribution is 5.84. The second-order valence-corrected chi connectivity index (χ2v) is 11.9. The zero-order valence-electron chi connectivity index (χ0n) is 29.6. The van der Waals surface area contributed by atoms with Gasteiger partial charge >= 0.3 is 11.9 Å². The second-order valence-electron chi connectivity index (χ2n) is 11.9. The molecule has 0 rings (SSSR count). The number of carboxylic acids is 2. The number of amides is 3. The number of Topliss-reactive ketones (excluding diaryl/α,β-unsaturated/α-hetero) is 1. The number of unbranched alkanes of at least 4 members (excludes halogenated alkanes) is 11. The van der Waals surface area contributed by atoms with E-state index < -0.39 is 30.4 Å². The Balaban J connectivity index is 3.68. The highest BCUT2D eigenvalue weighted by Gasteiger charge is 2.20. The number of hydrogen-bond donors (Lipinski definition) is 6. The van der Waals surface area contributed by atoms with Crippen molar-refractivity contribution >= 4 is 35.4 Å². The number of ketones is 1. The van der Waals surface area contributed by atoms with Crippen LogP contribution < -0.4 is 16.0 Å². The fourth-order valence-electron chi connectivity index (χ4n) is 4.63. The van der Waals surface area contributed by atoms with E-state index >= 15 is 0 Å². The number of nitrogens with one attached hydrogen (secondary N) is 3. The van der Waals surface area contributed by atoms with Gasteiger partial charge < -0.3 is 50.2 Å². The van der Waals surface area contributed by atoms with Gasteiger partial charge in [0.1, 0.15) is 25.9 Å². The zero-order valence-corrected chi connectivity index (χ0v) is 29.6. The van der Waals surface area contributed by atoms with Gasteiger partial charge in [-0.15, -0.1) is 0 Å². The molecule has 0 aliphatic heterocycles. The molecule has 0 unspecified atom stereocenters. The van der Waals surface area contributed by atoms with Crippen LogP contribution in [0.15, 0.2) is 0 Å². The minimum absolute atomic E-state index is 0.0276. The van der Waals surface area contributed by atoms with Crippen LogP contribution in [-0.4, -0.2) is 129 Å². The largest absolute Gasteiger partial charge is 0.481 e. The minimum Gasteiger partial charge on any atom is -0.481 e. The van der Waals surface area contributed by atoms with E-state index in [1.807, 2.05) is 0 Å². The molecule has 0 radical (unpaired) electrons. The molecule has 1 atom stereocenters. The van der Waals surface area contributed by atoms with Gasteiger partial charge in [0.2, 0.25) is 17.7 Å². The molecule has 3 amide bonds. The molecule has 0 aromatic heterocycles. The third kappa shape index (κ3) is 33.3. The van der Waals surface area contributed by atoms with Gasteiger partial charge in [-0.05, 0) is 19.3 Å². The van der Waals surface area contributed by atoms with Crippen molar-refractivity contribution in [3.63, 3.8) is 0 Å². The van der Waals surface area contributed by atoms with E-state index in [0.29, 0.717) is 6.42 Å². The summed E-state index contributed by atoms with van der Waals surface area (Å²) in [5, 5.41) is 34.4. The molecule has 0 bridgehead atoms. The lowest BCUT2D eigenvalue weighted by Crippen LogP contribution is -2.41. The summed E-state index contributed by atoms with van der Waals surface area (Å²) in [6.45, 7) is 0.880. The predicted octanol–water partition coefficient (Wildman–Crippen LogP) is 1.74. The molecule has 6 N–H and O–H groups in total. The Morgan fingerprint density at radius 3 is 1.46 bits per heavy atom. The molecule has 0 saturated heterocycles. The quantitative estimate of drug-likeness (QED) is 0.0503. The van der Waals surface area contributed by atoms with E-state index in [1.165, 1.54) is 19.3 Å². The standard InChI is InChI=1S/C34H61N3O13/c38-25-28(39)26-49-23-21-48-20-18-36-32(42)27-50-24-22-47-19-17-35-30(40)16-15-29(34(45)46)37-31(41)13-11-9-7-5-3-1-2-4-6-8-10-12-14-33(43)44/h29,38H,1-27H2,(H,35,40)(H,36,42)(H,37,41)(H,43,44)(H,45,46)/t29-/m0/s1. The number of aliphatic carboxylic acids is 2. The van der Waals surface area contributed by atoms with Crippen LogP contribution >= 0.6 is 0 Å². The monoisotopic (exact) mass is 719 g/mol. The highest BCUT2D eigenvalue weighted by Crippen LogP contribution is 2.13. The van der Waals surface area contributed by atoms with E-state index in [2.05, 4.69) is 16.0 Å². The van der Waals surface area contributed by atoms with Crippen LogP contribution in [-0.2, 0) is 47.7 Å². The smallest absolute Gasteiger partial charge is 0.326 e. The summed E-state index contributed by atoms with van der Waals surface area (Å²) >= 11 is 0. The number of rotatable bonds is 37. The van der Waals surface area contributed by atoms with E-state index in [0.717, 1.165) is 51.4 Å². The lowest BCUT2D eigenvalue weighted by Gasteiger charge is -2.14. The first-order chi connectivity index (χ1) is 24.1. The molecule has 16 heteroatoms. The molecule has 0 aromatic rings. The number of hydrogen-bond acceptors (Lipinski definition) is 11. The van der Waals surface area contributed by atoms with Gasteiger partial charge in [-0.2, -0.15) is 0 Å². The van der Waals surface area contributed by atoms with E-state index in [-0.39, 0.29) is 109 Å². The Morgan fingerprint density at radius 1 is 0.500 bits per heavy atom. The van der Waals surface area contributed by atoms with Crippen molar-refractivity contribution in [1.82, 2.24) is 16.0 Å². The molecular formula is C34H61N3O13. The number of carbonyl (C=O) groups is 6. The maximum absolute atomic E-state index is 12.2. The number of carboxylic acid groups (broad SMARTS) is 2. The Labute approximate surface area is 295 Å². The Hall–Kier alpha value is -3.18. The topological polar surface area (TPSA) is 236 Å². The van der Waals surface area contributed by atoms with Gasteiger partial charge in [0.15, 0.2) is 5.78 Å². The highest BCUT2D eigenvalue weighted by atomic mass is 16.5. The molecule has 50 heavy (non-hydrogen) atoms. The van der Waals surface area contributed by atoms with E-state index in [4.69, 9.17) is 29.2 Å². The molecule has 0 fully saturated rings. The van der Waals surface area contributed by atoms with E-state index in [9.17, 15) is 33.9 Å². The van der Waals surface area contributed by atoms with Crippen molar-refractivity contribution in [2.24, 2.45) is 0 Å². The van der Waals surface area contributed by atoms with E-state index in [1.54, 1.807) is 0 Å². The van der Waals surface area contributed by atoms with Crippen LogP contribution in [0.3, 0.4) is 0 Å². The molecule has 0 spiro atoms. The SMILES string of the molecule is O=C(O)CCCCCCCCCCCCCCC(=O)N[C@@H](CCC(=O)NCCOCCOCC(=O)NCCOCCOCC(=O)CO)C(=O)O. The van der Waals surface area contributed by atoms with Crippen LogP contribution in [0.2, 0.25) is 0 Å². The summed E-state index contributed by atoms with van der Waals surface area (Å²) in [4.78, 5) is 69.0. The van der Waals surface area contributed by atoms with Gasteiger partial charge in [0.05, 0.1) is 39.6 Å². The van der Waals surface area contributed by atoms with Crippen LogP contribution in [0, 0.1) is 0 Å². The summed E-state index contributed by atoms with van der Waals surface area (Å²) < 4.78 is 20.8. The maximum atomic E-state index is 12.2. The molecule has 290 valence electrons. The lowest BCUT2D eigenvalue weighted by atomic mass is 10.0. The van der Waals surface area contributed by atoms with Crippen molar-refractivity contribution in [1.29, 1.82) is 0 Å². The fourth-order valence-corrected chi connectivity index (χ4v) is 4.63. The summed E-state index contributed by atoms with van der Waals surface area (Å²) in [6.07, 6.45) is 12.7. The third-order valence-corrected chi connectivity index (χ3v) is 7.39. The molecule has 0 aliphatic rings. The van der Waals surface area contributed by atoms with Gasteiger partial charge in [-0.3, -0.25) is 24.0 Å². The van der Waals surface area contributed by atoms with Gasteiger partial charge in [0.25, 0.3) is 0 Å². The van der Waals surface area contributed by atoms with Crippen molar-refractivity contribution in [3.8, 4) is 0 Å². The Morgan fingerprint density at radius 2 is 0.960 bits per heavy atom. The van der Waals surface area contributed by atoms with Gasteiger partial charge in [0, 0.05) is 32.4 Å². The molecule has 0 saturated carbocycles. The van der Waals surface area contributed by atoms with Crippen LogP contribution in [0.25, 0.3) is 0 Å².